The first-order valence-corrected chi connectivity index (χ1v) is 4.08. The summed E-state index contributed by atoms with van der Waals surface area (Å²) in [6.07, 6.45) is 5.25. The van der Waals surface area contributed by atoms with Crippen LogP contribution in [-0.4, -0.2) is 0 Å². The van der Waals surface area contributed by atoms with E-state index in [0.717, 1.165) is 6.42 Å². The van der Waals surface area contributed by atoms with Gasteiger partial charge in [-0.25, -0.2) is 0 Å². The summed E-state index contributed by atoms with van der Waals surface area (Å²) in [5, 5.41) is 0. The van der Waals surface area contributed by atoms with Crippen LogP contribution in [-0.2, 0) is 78.1 Å². The molecular weight excluding hydrogens is 669 g/mol. The van der Waals surface area contributed by atoms with Crippen molar-refractivity contribution in [2.45, 2.75) is 26.2 Å². The smallest absolute Gasteiger partial charge is 0 e. The van der Waals surface area contributed by atoms with Crippen molar-refractivity contribution in [2.75, 3.05) is 0 Å². The molecule has 0 aliphatic heterocycles. The van der Waals surface area contributed by atoms with Crippen molar-refractivity contribution in [3.05, 3.63) is 65.9 Å². The predicted octanol–water partition coefficient (Wildman–Crippen LogP) is 1.59. The molecule has 0 bridgehead atoms. The van der Waals surface area contributed by atoms with E-state index in [4.69, 9.17) is 43.8 Å². The summed E-state index contributed by atoms with van der Waals surface area (Å²) < 4.78 is 60.0. The van der Waals surface area contributed by atoms with E-state index in [1.807, 2.05) is 0 Å². The molecule has 0 aromatic rings. The van der Waals surface area contributed by atoms with E-state index >= 15 is 0 Å². The molecule has 0 unspecified atom stereocenters. The molecule has 8 nitrogen and oxygen atoms in total. The van der Waals surface area contributed by atoms with Crippen LogP contribution in [0.15, 0.2) is 6.08 Å². The van der Waals surface area contributed by atoms with Crippen LogP contribution in [0.5, 0.6) is 0 Å². The summed E-state index contributed by atoms with van der Waals surface area (Å²) in [6.45, 7) is 43.2. The van der Waals surface area contributed by atoms with Crippen molar-refractivity contribution < 1.29 is 78.1 Å². The summed E-state index contributed by atoms with van der Waals surface area (Å²) in [6, 6.07) is 0. The molecule has 10 heteroatoms. The standard InChI is InChI=1S/C6H11.8CO.2Re.H/c1-3-5-6-4-2;8*1-2;;;/h1,3H,4-6H2,2H3;;;;;;;;;;;/q-1;;;;;;;;;;;. The molecule has 0 aliphatic rings. The van der Waals surface area contributed by atoms with Crippen molar-refractivity contribution in [3.63, 3.8) is 0 Å². The van der Waals surface area contributed by atoms with Crippen LogP contribution < -0.4 is 0 Å². The van der Waals surface area contributed by atoms with E-state index in [2.05, 4.69) is 60.1 Å². The molecule has 0 aromatic heterocycles. The Kier molecular flexibility index (Phi) is 3500. The SMILES string of the molecule is [C-]#[O+].[C-]#[O+].[C-]#[O+].[C-]#[O+].[C-]#[O+].[C-]#[O+].[C-]#[O+].[C-]#[O+].[CH-]=CCCCC.[ReH].[Re]. The summed E-state index contributed by atoms with van der Waals surface area (Å²) in [4.78, 5) is 0. The van der Waals surface area contributed by atoms with Crippen LogP contribution in [0.4, 0.5) is 0 Å². The second-order valence-electron chi connectivity index (χ2n) is 1.38. The molecule has 0 aliphatic carbocycles. The Morgan fingerprint density at radius 3 is 0.833 bits per heavy atom. The van der Waals surface area contributed by atoms with Crippen molar-refractivity contribution in [1.29, 1.82) is 0 Å². The van der Waals surface area contributed by atoms with Crippen LogP contribution in [0.2, 0.25) is 0 Å². The van der Waals surface area contributed by atoms with Gasteiger partial charge in [0.05, 0.1) is 0 Å². The van der Waals surface area contributed by atoms with E-state index in [1.54, 1.807) is 6.08 Å². The average molecular weight is 681 g/mol. The van der Waals surface area contributed by atoms with Gasteiger partial charge in [0, 0.05) is 20.4 Å². The summed E-state index contributed by atoms with van der Waals surface area (Å²) >= 11 is 0. The first-order valence-electron chi connectivity index (χ1n) is 4.08. The fourth-order valence-electron chi connectivity index (χ4n) is 0.322. The van der Waals surface area contributed by atoms with E-state index in [0.29, 0.717) is 0 Å². The second kappa shape index (κ2) is 1090. The Balaban J connectivity index is -0.00000000926. The van der Waals surface area contributed by atoms with Gasteiger partial charge in [-0.05, 0) is 0 Å². The summed E-state index contributed by atoms with van der Waals surface area (Å²) in [5.74, 6) is 0. The van der Waals surface area contributed by atoms with Gasteiger partial charge in [0.2, 0.25) is 0 Å². The van der Waals surface area contributed by atoms with Gasteiger partial charge in [0.1, 0.15) is 0 Å². The molecule has 0 saturated carbocycles. The van der Waals surface area contributed by atoms with Gasteiger partial charge in [-0.3, -0.25) is 6.08 Å². The topological polar surface area (TPSA) is 159 Å². The Labute approximate surface area is 169 Å². The van der Waals surface area contributed by atoms with Crippen LogP contribution in [0.25, 0.3) is 0 Å². The third-order valence-electron chi connectivity index (χ3n) is 0.724. The Morgan fingerprint density at radius 2 is 0.792 bits per heavy atom. The van der Waals surface area contributed by atoms with Gasteiger partial charge in [-0.1, -0.05) is 26.2 Å². The second-order valence-corrected chi connectivity index (χ2v) is 1.38. The summed E-state index contributed by atoms with van der Waals surface area (Å²) in [7, 11) is 0. The Bertz CT molecular complexity index is 213. The molecule has 0 aromatic carbocycles. The third-order valence-corrected chi connectivity index (χ3v) is 0.724. The van der Waals surface area contributed by atoms with Crippen molar-refractivity contribution >= 4 is 0 Å². The molecule has 131 valence electrons. The molecule has 0 heterocycles. The normalized spacial score (nSPS) is 2.71. The quantitative estimate of drug-likeness (QED) is 0.241. The average Bonchev–Trinajstić information content (AvgIpc) is 2.72. The number of hydrogen-bond donors (Lipinski definition) is 0. The maximum Gasteiger partial charge on any atom is 0 e. The fraction of sp³-hybridized carbons (Fsp3) is 0.286. The molecule has 0 rings (SSSR count). The van der Waals surface area contributed by atoms with Crippen molar-refractivity contribution in [2.24, 2.45) is 0 Å². The maximum atomic E-state index is 7.50. The van der Waals surface area contributed by atoms with E-state index in [1.165, 1.54) is 12.8 Å². The molecule has 0 amide bonds. The van der Waals surface area contributed by atoms with E-state index in [9.17, 15) is 0 Å². The van der Waals surface area contributed by atoms with Gasteiger partial charge in [-0.2, -0.15) is 0 Å². The molecule has 2 radical (unpaired) electrons. The zero-order chi connectivity index (χ0) is 20.8. The van der Waals surface area contributed by atoms with E-state index < -0.39 is 0 Å². The monoisotopic (exact) mass is 682 g/mol. The van der Waals surface area contributed by atoms with Crippen LogP contribution in [0.1, 0.15) is 26.2 Å². The van der Waals surface area contributed by atoms with Crippen LogP contribution >= 0.6 is 0 Å². The van der Waals surface area contributed by atoms with Gasteiger partial charge in [0.15, 0.2) is 0 Å². The van der Waals surface area contributed by atoms with Crippen molar-refractivity contribution in [1.82, 2.24) is 0 Å². The number of rotatable bonds is 3. The number of hydrogen-bond acceptors (Lipinski definition) is 0. The molecule has 24 heavy (non-hydrogen) atoms. The zero-order valence-corrected chi connectivity index (χ0v) is 18.0. The predicted molar refractivity (Wildman–Crippen MR) is 61.2 cm³/mol. The minimum absolute atomic E-state index is 0. The van der Waals surface area contributed by atoms with Gasteiger partial charge in [0.25, 0.3) is 0 Å². The van der Waals surface area contributed by atoms with Gasteiger partial charge < -0.3 is 6.58 Å². The minimum Gasteiger partial charge on any atom is 0 e. The first-order chi connectivity index (χ1) is 10.9. The molecule has 0 N–H and O–H groups in total. The largest absolute Gasteiger partial charge is 0 e. The van der Waals surface area contributed by atoms with Crippen molar-refractivity contribution in [3.8, 4) is 0 Å². The minimum atomic E-state index is 0. The molecule has 0 spiro atoms. The zero-order valence-electron chi connectivity index (χ0n) is 12.3. The number of unbranched alkanes of at least 4 members (excludes halogenated alkanes) is 2. The van der Waals surface area contributed by atoms with Gasteiger partial charge in [-0.15, -0.1) is 0 Å². The maximum absolute atomic E-state index is 7.50. The number of allylic oxidation sites excluding steroid dienone is 1. The molecule has 0 saturated heterocycles. The molecule has 0 fully saturated rings. The third kappa shape index (κ3) is 2130. The molecular formula is C14H12O8Re2-. The van der Waals surface area contributed by atoms with Crippen LogP contribution in [0, 0.1) is 59.8 Å². The van der Waals surface area contributed by atoms with Gasteiger partial charge >= 0.3 is 111 Å². The van der Waals surface area contributed by atoms with E-state index in [-0.39, 0.29) is 40.8 Å². The van der Waals surface area contributed by atoms with Crippen LogP contribution in [0.3, 0.4) is 0 Å². The Hall–Kier alpha value is -1.02. The molecule has 0 atom stereocenters. The first kappa shape index (κ1) is 77.3. The Morgan fingerprint density at radius 1 is 0.625 bits per heavy atom. The fourth-order valence-corrected chi connectivity index (χ4v) is 0.322. The summed E-state index contributed by atoms with van der Waals surface area (Å²) in [5.41, 5.74) is 0.